The molecule has 0 aliphatic rings. The van der Waals surface area contributed by atoms with Gasteiger partial charge >= 0.3 is 0 Å². The lowest BCUT2D eigenvalue weighted by atomic mass is 10.2. The third-order valence-corrected chi connectivity index (χ3v) is 6.23. The first-order valence-electron chi connectivity index (χ1n) is 9.02. The van der Waals surface area contributed by atoms with Crippen LogP contribution in [-0.4, -0.2) is 31.2 Å². The average molecular weight is 427 g/mol. The van der Waals surface area contributed by atoms with Crippen molar-refractivity contribution in [1.29, 1.82) is 0 Å². The molecule has 2 aromatic rings. The molecule has 28 heavy (non-hydrogen) atoms. The van der Waals surface area contributed by atoms with E-state index in [1.807, 2.05) is 13.8 Å². The van der Waals surface area contributed by atoms with Crippen molar-refractivity contribution in [3.8, 4) is 0 Å². The molecule has 2 aromatic carbocycles. The Kier molecular flexibility index (Phi) is 7.98. The van der Waals surface area contributed by atoms with Crippen molar-refractivity contribution < 1.29 is 17.6 Å². The summed E-state index contributed by atoms with van der Waals surface area (Å²) in [7, 11) is -3.95. The van der Waals surface area contributed by atoms with Crippen molar-refractivity contribution in [2.45, 2.75) is 44.2 Å². The third-order valence-electron chi connectivity index (χ3n) is 4.17. The molecule has 0 bridgehead atoms. The highest BCUT2D eigenvalue weighted by Crippen LogP contribution is 2.20. The Morgan fingerprint density at radius 2 is 1.75 bits per heavy atom. The van der Waals surface area contributed by atoms with Gasteiger partial charge in [0.25, 0.3) is 0 Å². The summed E-state index contributed by atoms with van der Waals surface area (Å²) in [6, 6.07) is 11.2. The Bertz CT molecular complexity index is 887. The second-order valence-corrected chi connectivity index (χ2v) is 8.99. The van der Waals surface area contributed by atoms with Crippen molar-refractivity contribution in [2.75, 3.05) is 6.54 Å². The summed E-state index contributed by atoms with van der Waals surface area (Å²) in [4.78, 5) is 12.5. The molecule has 0 heterocycles. The van der Waals surface area contributed by atoms with Crippen molar-refractivity contribution in [2.24, 2.45) is 0 Å². The van der Waals surface area contributed by atoms with Crippen LogP contribution in [0.1, 0.15) is 32.3 Å². The van der Waals surface area contributed by atoms with Gasteiger partial charge < -0.3 is 5.32 Å². The molecule has 2 rings (SSSR count). The van der Waals surface area contributed by atoms with E-state index in [9.17, 15) is 17.6 Å². The zero-order chi connectivity index (χ0) is 20.7. The molecule has 1 N–H and O–H groups in total. The number of nitrogens with zero attached hydrogens (tertiary/aromatic N) is 1. The molecular formula is C20H24ClFN2O3S. The lowest BCUT2D eigenvalue weighted by molar-refractivity contribution is -0.122. The van der Waals surface area contributed by atoms with Gasteiger partial charge in [0.2, 0.25) is 15.9 Å². The monoisotopic (exact) mass is 426 g/mol. The topological polar surface area (TPSA) is 66.5 Å². The minimum Gasteiger partial charge on any atom is -0.353 e. The number of carbonyl (C=O) groups is 1. The van der Waals surface area contributed by atoms with Gasteiger partial charge in [-0.2, -0.15) is 4.31 Å². The molecule has 8 heteroatoms. The van der Waals surface area contributed by atoms with Crippen LogP contribution in [0.25, 0.3) is 0 Å². The molecule has 0 aromatic heterocycles. The molecule has 0 saturated heterocycles. The summed E-state index contributed by atoms with van der Waals surface area (Å²) in [5, 5.41) is 3.22. The van der Waals surface area contributed by atoms with Gasteiger partial charge in [-0.25, -0.2) is 12.8 Å². The van der Waals surface area contributed by atoms with Crippen molar-refractivity contribution in [3.63, 3.8) is 0 Å². The predicted octanol–water partition coefficient (Wildman–Crippen LogP) is 3.97. The summed E-state index contributed by atoms with van der Waals surface area (Å²) in [6.45, 7) is 3.49. The van der Waals surface area contributed by atoms with Gasteiger partial charge in [-0.3, -0.25) is 4.79 Å². The van der Waals surface area contributed by atoms with Crippen LogP contribution in [0.2, 0.25) is 5.02 Å². The van der Waals surface area contributed by atoms with Gasteiger partial charge in [-0.05, 0) is 55.3 Å². The van der Waals surface area contributed by atoms with E-state index >= 15 is 0 Å². The average Bonchev–Trinajstić information content (AvgIpc) is 2.63. The van der Waals surface area contributed by atoms with E-state index < -0.39 is 15.8 Å². The molecule has 0 aliphatic carbocycles. The summed E-state index contributed by atoms with van der Waals surface area (Å²) >= 11 is 5.85. The number of carbonyl (C=O) groups excluding carboxylic acids is 1. The lowest BCUT2D eigenvalue weighted by Gasteiger charge is -2.23. The summed E-state index contributed by atoms with van der Waals surface area (Å²) in [6.07, 6.45) is 1.71. The molecule has 0 saturated carbocycles. The minimum atomic E-state index is -3.95. The Morgan fingerprint density at radius 3 is 2.32 bits per heavy atom. The first-order valence-corrected chi connectivity index (χ1v) is 10.8. The molecule has 1 amide bonds. The van der Waals surface area contributed by atoms with Crippen LogP contribution in [0, 0.1) is 5.82 Å². The molecule has 0 fully saturated rings. The SMILES string of the molecule is CCC[C@@H](C)NC(=O)CN(Cc1ccc(F)cc1)S(=O)(=O)c1ccc(Cl)cc1. The second kappa shape index (κ2) is 10.0. The minimum absolute atomic E-state index is 0.0356. The predicted molar refractivity (Wildman–Crippen MR) is 108 cm³/mol. The molecule has 1 atom stereocenters. The van der Waals surface area contributed by atoms with E-state index in [-0.39, 0.29) is 29.9 Å². The van der Waals surface area contributed by atoms with Gasteiger partial charge in [0.15, 0.2) is 0 Å². The Hall–Kier alpha value is -1.96. The fraction of sp³-hybridized carbons (Fsp3) is 0.350. The highest BCUT2D eigenvalue weighted by molar-refractivity contribution is 7.89. The van der Waals surface area contributed by atoms with Crippen molar-refractivity contribution >= 4 is 27.5 Å². The maximum Gasteiger partial charge on any atom is 0.243 e. The zero-order valence-corrected chi connectivity index (χ0v) is 17.4. The molecular weight excluding hydrogens is 403 g/mol. The van der Waals surface area contributed by atoms with E-state index in [0.717, 1.165) is 17.1 Å². The first-order chi connectivity index (χ1) is 13.2. The number of amides is 1. The van der Waals surface area contributed by atoms with Crippen LogP contribution >= 0.6 is 11.6 Å². The van der Waals surface area contributed by atoms with E-state index in [2.05, 4.69) is 5.32 Å². The molecule has 0 spiro atoms. The van der Waals surface area contributed by atoms with Gasteiger partial charge in [-0.15, -0.1) is 0 Å². The lowest BCUT2D eigenvalue weighted by Crippen LogP contribution is -2.43. The molecule has 0 aliphatic heterocycles. The van der Waals surface area contributed by atoms with Crippen LogP contribution in [0.5, 0.6) is 0 Å². The fourth-order valence-corrected chi connectivity index (χ4v) is 4.27. The molecule has 5 nitrogen and oxygen atoms in total. The number of nitrogens with one attached hydrogen (secondary N) is 1. The number of halogens is 2. The highest BCUT2D eigenvalue weighted by Gasteiger charge is 2.27. The number of sulfonamides is 1. The Morgan fingerprint density at radius 1 is 1.14 bits per heavy atom. The van der Waals surface area contributed by atoms with E-state index in [4.69, 9.17) is 11.6 Å². The largest absolute Gasteiger partial charge is 0.353 e. The van der Waals surface area contributed by atoms with E-state index in [1.165, 1.54) is 48.5 Å². The standard InChI is InChI=1S/C20H24ClFN2O3S/c1-3-4-15(2)23-20(25)14-24(13-16-5-9-18(22)10-6-16)28(26,27)19-11-7-17(21)8-12-19/h5-12,15H,3-4,13-14H2,1-2H3,(H,23,25)/t15-/m1/s1. The van der Waals surface area contributed by atoms with Crippen LogP contribution in [0.4, 0.5) is 4.39 Å². The van der Waals surface area contributed by atoms with Crippen LogP contribution in [0.15, 0.2) is 53.4 Å². The summed E-state index contributed by atoms with van der Waals surface area (Å²) in [5.74, 6) is -0.803. The van der Waals surface area contributed by atoms with Gasteiger partial charge in [0.1, 0.15) is 5.82 Å². The molecule has 0 radical (unpaired) electrons. The summed E-state index contributed by atoms with van der Waals surface area (Å²) < 4.78 is 40.4. The van der Waals surface area contributed by atoms with Crippen LogP contribution < -0.4 is 5.32 Å². The van der Waals surface area contributed by atoms with E-state index in [0.29, 0.717) is 10.6 Å². The number of rotatable bonds is 9. The summed E-state index contributed by atoms with van der Waals surface area (Å²) in [5.41, 5.74) is 0.577. The molecule has 152 valence electrons. The first kappa shape index (κ1) is 22.3. The fourth-order valence-electron chi connectivity index (χ4n) is 2.76. The molecule has 0 unspecified atom stereocenters. The zero-order valence-electron chi connectivity index (χ0n) is 15.9. The smallest absolute Gasteiger partial charge is 0.243 e. The maximum atomic E-state index is 13.2. The Labute approximate surface area is 170 Å². The van der Waals surface area contributed by atoms with Gasteiger partial charge in [0.05, 0.1) is 11.4 Å². The van der Waals surface area contributed by atoms with Crippen molar-refractivity contribution in [1.82, 2.24) is 9.62 Å². The quantitative estimate of drug-likeness (QED) is 0.659. The van der Waals surface area contributed by atoms with Gasteiger partial charge in [0, 0.05) is 17.6 Å². The maximum absolute atomic E-state index is 13.2. The van der Waals surface area contributed by atoms with Crippen LogP contribution in [-0.2, 0) is 21.4 Å². The number of benzene rings is 2. The third kappa shape index (κ3) is 6.29. The number of hydrogen-bond donors (Lipinski definition) is 1. The normalized spacial score (nSPS) is 12.8. The number of hydrogen-bond acceptors (Lipinski definition) is 3. The van der Waals surface area contributed by atoms with Crippen molar-refractivity contribution in [3.05, 3.63) is 64.9 Å². The Balaban J connectivity index is 2.27. The van der Waals surface area contributed by atoms with Crippen LogP contribution in [0.3, 0.4) is 0 Å². The van der Waals surface area contributed by atoms with Gasteiger partial charge in [-0.1, -0.05) is 37.1 Å². The highest BCUT2D eigenvalue weighted by atomic mass is 35.5. The second-order valence-electron chi connectivity index (χ2n) is 6.61. The van der Waals surface area contributed by atoms with E-state index in [1.54, 1.807) is 0 Å².